The molecule has 0 aliphatic carbocycles. The van der Waals surface area contributed by atoms with Crippen molar-refractivity contribution in [3.63, 3.8) is 0 Å². The van der Waals surface area contributed by atoms with Crippen LogP contribution in [0.2, 0.25) is 5.02 Å². The molecular weight excluding hydrogens is 357 g/mol. The van der Waals surface area contributed by atoms with Gasteiger partial charge in [0.25, 0.3) is 0 Å². The van der Waals surface area contributed by atoms with E-state index >= 15 is 0 Å². The number of esters is 1. The molecule has 2 aromatic carbocycles. The smallest absolute Gasteiger partial charge is 0.363 e. The zero-order chi connectivity index (χ0) is 18.1. The van der Waals surface area contributed by atoms with Crippen LogP contribution in [0.1, 0.15) is 11.3 Å². The molecule has 0 atom stereocenters. The average molecular weight is 368 g/mol. The van der Waals surface area contributed by atoms with Gasteiger partial charge in [-0.1, -0.05) is 35.9 Å². The lowest BCUT2D eigenvalue weighted by molar-refractivity contribution is -0.129. The van der Waals surface area contributed by atoms with E-state index in [1.54, 1.807) is 36.4 Å². The molecule has 0 fully saturated rings. The Morgan fingerprint density at radius 1 is 1.04 bits per heavy atom. The van der Waals surface area contributed by atoms with Crippen LogP contribution in [0.15, 0.2) is 75.8 Å². The third-order valence-electron chi connectivity index (χ3n) is 3.74. The molecule has 0 bridgehead atoms. The summed E-state index contributed by atoms with van der Waals surface area (Å²) in [6.45, 7) is 0. The van der Waals surface area contributed by atoms with Crippen molar-refractivity contribution in [3.05, 3.63) is 88.5 Å². The minimum atomic E-state index is -0.663. The Kier molecular flexibility index (Phi) is 4.14. The number of carbonyl (C=O) groups is 1. The number of carbonyl (C=O) groups excluding carboxylic acids is 1. The second-order valence-electron chi connectivity index (χ2n) is 5.53. The van der Waals surface area contributed by atoms with Gasteiger partial charge in [-0.05, 0) is 36.4 Å². The predicted molar refractivity (Wildman–Crippen MR) is 96.2 cm³/mol. The van der Waals surface area contributed by atoms with Crippen molar-refractivity contribution in [2.75, 3.05) is 0 Å². The number of cyclic esters (lactones) is 1. The first-order valence-electron chi connectivity index (χ1n) is 7.73. The van der Waals surface area contributed by atoms with Crippen LogP contribution < -0.4 is 0 Å². The maximum atomic E-state index is 13.8. The van der Waals surface area contributed by atoms with Crippen molar-refractivity contribution < 1.29 is 18.3 Å². The highest BCUT2D eigenvalue weighted by molar-refractivity contribution is 6.30. The second-order valence-corrected chi connectivity index (χ2v) is 5.96. The van der Waals surface area contributed by atoms with Gasteiger partial charge in [-0.25, -0.2) is 14.2 Å². The molecule has 2 heterocycles. The van der Waals surface area contributed by atoms with Crippen molar-refractivity contribution in [2.45, 2.75) is 0 Å². The summed E-state index contributed by atoms with van der Waals surface area (Å²) in [4.78, 5) is 16.1. The summed E-state index contributed by atoms with van der Waals surface area (Å²) in [5, 5.41) is 0.595. The summed E-state index contributed by atoms with van der Waals surface area (Å²) in [5.41, 5.74) is 0.977. The Balaban J connectivity index is 1.64. The highest BCUT2D eigenvalue weighted by Gasteiger charge is 2.26. The molecule has 1 aromatic heterocycles. The topological polar surface area (TPSA) is 51.8 Å². The van der Waals surface area contributed by atoms with Crippen LogP contribution in [0.4, 0.5) is 4.39 Å². The summed E-state index contributed by atoms with van der Waals surface area (Å²) >= 11 is 5.98. The molecule has 1 aliphatic rings. The van der Waals surface area contributed by atoms with Gasteiger partial charge in [-0.3, -0.25) is 0 Å². The molecule has 26 heavy (non-hydrogen) atoms. The van der Waals surface area contributed by atoms with E-state index in [1.165, 1.54) is 18.2 Å². The summed E-state index contributed by atoms with van der Waals surface area (Å²) in [5.74, 6) is -0.221. The molecule has 0 amide bonds. The van der Waals surface area contributed by atoms with E-state index in [1.807, 2.05) is 12.1 Å². The molecule has 0 N–H and O–H groups in total. The van der Waals surface area contributed by atoms with Crippen LogP contribution in [0.25, 0.3) is 17.4 Å². The van der Waals surface area contributed by atoms with Crippen LogP contribution in [0, 0.1) is 5.82 Å². The number of halogens is 2. The van der Waals surface area contributed by atoms with Gasteiger partial charge >= 0.3 is 5.97 Å². The Bertz CT molecular complexity index is 1070. The van der Waals surface area contributed by atoms with Crippen molar-refractivity contribution >= 4 is 29.5 Å². The first-order chi connectivity index (χ1) is 12.6. The van der Waals surface area contributed by atoms with Crippen LogP contribution in [0.5, 0.6) is 0 Å². The number of hydrogen-bond donors (Lipinski definition) is 0. The Morgan fingerprint density at radius 3 is 2.69 bits per heavy atom. The third kappa shape index (κ3) is 3.17. The zero-order valence-corrected chi connectivity index (χ0v) is 14.0. The number of hydrogen-bond acceptors (Lipinski definition) is 4. The van der Waals surface area contributed by atoms with E-state index in [0.717, 1.165) is 5.56 Å². The van der Waals surface area contributed by atoms with Crippen molar-refractivity contribution in [1.29, 1.82) is 0 Å². The van der Waals surface area contributed by atoms with Crippen LogP contribution in [-0.2, 0) is 9.53 Å². The summed E-state index contributed by atoms with van der Waals surface area (Å²) in [6.07, 6.45) is 1.45. The lowest BCUT2D eigenvalue weighted by Gasteiger charge is -1.99. The van der Waals surface area contributed by atoms with E-state index in [2.05, 4.69) is 4.99 Å². The van der Waals surface area contributed by atoms with Crippen molar-refractivity contribution in [1.82, 2.24) is 0 Å². The van der Waals surface area contributed by atoms with E-state index in [4.69, 9.17) is 20.8 Å². The largest absolute Gasteiger partial charge is 0.457 e. The van der Waals surface area contributed by atoms with Gasteiger partial charge in [0.05, 0.1) is 5.56 Å². The third-order valence-corrected chi connectivity index (χ3v) is 3.97. The number of nitrogens with zero attached hydrogens (tertiary/aromatic N) is 1. The molecule has 1 aliphatic heterocycles. The van der Waals surface area contributed by atoms with Gasteiger partial charge in [-0.15, -0.1) is 0 Å². The zero-order valence-electron chi connectivity index (χ0n) is 13.3. The number of furan rings is 1. The lowest BCUT2D eigenvalue weighted by atomic mass is 10.2. The van der Waals surface area contributed by atoms with Crippen molar-refractivity contribution in [2.24, 2.45) is 4.99 Å². The fourth-order valence-electron chi connectivity index (χ4n) is 2.52. The van der Waals surface area contributed by atoms with Crippen LogP contribution in [0.3, 0.4) is 0 Å². The van der Waals surface area contributed by atoms with Gasteiger partial charge < -0.3 is 9.15 Å². The van der Waals surface area contributed by atoms with Gasteiger partial charge in [0.2, 0.25) is 5.90 Å². The number of benzene rings is 2. The summed E-state index contributed by atoms with van der Waals surface area (Å²) in [7, 11) is 0. The summed E-state index contributed by atoms with van der Waals surface area (Å²) < 4.78 is 24.6. The van der Waals surface area contributed by atoms with Crippen LogP contribution in [-0.4, -0.2) is 11.9 Å². The fraction of sp³-hybridized carbons (Fsp3) is 0. The molecule has 4 rings (SSSR count). The summed E-state index contributed by atoms with van der Waals surface area (Å²) in [6, 6.07) is 16.6. The molecule has 3 aromatic rings. The molecule has 0 saturated carbocycles. The molecule has 0 spiro atoms. The van der Waals surface area contributed by atoms with Crippen LogP contribution >= 0.6 is 11.6 Å². The Labute approximate surface area is 153 Å². The highest BCUT2D eigenvalue weighted by atomic mass is 35.5. The molecule has 128 valence electrons. The molecule has 0 saturated heterocycles. The monoisotopic (exact) mass is 367 g/mol. The fourth-order valence-corrected chi connectivity index (χ4v) is 2.71. The van der Waals surface area contributed by atoms with E-state index < -0.39 is 11.8 Å². The van der Waals surface area contributed by atoms with E-state index in [0.29, 0.717) is 16.5 Å². The molecule has 0 unspecified atom stereocenters. The Hall–Kier alpha value is -3.18. The second kappa shape index (κ2) is 6.61. The Morgan fingerprint density at radius 2 is 1.88 bits per heavy atom. The van der Waals surface area contributed by atoms with Gasteiger partial charge in [-0.2, -0.15) is 0 Å². The minimum absolute atomic E-state index is 0.0373. The van der Waals surface area contributed by atoms with Gasteiger partial charge in [0.15, 0.2) is 5.70 Å². The average Bonchev–Trinajstić information content (AvgIpc) is 3.23. The lowest BCUT2D eigenvalue weighted by Crippen LogP contribution is -2.07. The molecule has 0 radical (unpaired) electrons. The normalized spacial score (nSPS) is 15.2. The first kappa shape index (κ1) is 16.3. The number of rotatable bonds is 3. The molecule has 4 nitrogen and oxygen atoms in total. The first-order valence-corrected chi connectivity index (χ1v) is 8.11. The van der Waals surface area contributed by atoms with E-state index in [-0.39, 0.29) is 17.2 Å². The van der Waals surface area contributed by atoms with Crippen molar-refractivity contribution in [3.8, 4) is 11.3 Å². The number of ether oxygens (including phenoxy) is 1. The number of aliphatic imine (C=N–C) groups is 1. The van der Waals surface area contributed by atoms with Gasteiger partial charge in [0, 0.05) is 16.7 Å². The quantitative estimate of drug-likeness (QED) is 0.479. The standard InChI is InChI=1S/C20H11ClFNO3/c21-13-5-3-4-12(10-13)18-9-8-14(25-18)11-17-20(24)26-19(23-17)15-6-1-2-7-16(15)22/h1-11H/b17-11-. The maximum Gasteiger partial charge on any atom is 0.363 e. The highest BCUT2D eigenvalue weighted by Crippen LogP contribution is 2.27. The molecule has 6 heteroatoms. The molecular formula is C20H11ClFNO3. The maximum absolute atomic E-state index is 13.8. The SMILES string of the molecule is O=C1OC(c2ccccc2F)=N/C1=C\c1ccc(-c2cccc(Cl)c2)o1. The van der Waals surface area contributed by atoms with Gasteiger partial charge in [0.1, 0.15) is 17.3 Å². The van der Waals surface area contributed by atoms with E-state index in [9.17, 15) is 9.18 Å². The minimum Gasteiger partial charge on any atom is -0.457 e. The predicted octanol–water partition coefficient (Wildman–Crippen LogP) is 5.08.